The molecule has 0 aliphatic carbocycles. The second-order valence-electron chi connectivity index (χ2n) is 10.6. The second kappa shape index (κ2) is 18.6. The molecular formula is C32H47F5O2Si. The summed E-state index contributed by atoms with van der Waals surface area (Å²) in [7, 11) is -3.82. The lowest BCUT2D eigenvalue weighted by atomic mass is 10.0. The topological polar surface area (TPSA) is 18.5 Å². The summed E-state index contributed by atoms with van der Waals surface area (Å²) in [6.07, 6.45) is 12.5. The van der Waals surface area contributed by atoms with Gasteiger partial charge in [0.25, 0.3) is 0 Å². The van der Waals surface area contributed by atoms with E-state index in [4.69, 9.17) is 8.85 Å². The van der Waals surface area contributed by atoms with Gasteiger partial charge < -0.3 is 8.85 Å². The van der Waals surface area contributed by atoms with Crippen molar-refractivity contribution in [2.24, 2.45) is 0 Å². The maximum Gasteiger partial charge on any atom is 0.455 e. The van der Waals surface area contributed by atoms with Crippen LogP contribution < -0.4 is 10.4 Å². The van der Waals surface area contributed by atoms with Crippen LogP contribution in [0.3, 0.4) is 0 Å². The Hall–Kier alpha value is -1.77. The van der Waals surface area contributed by atoms with Crippen molar-refractivity contribution in [3.8, 4) is 0 Å². The first-order chi connectivity index (χ1) is 19.2. The molecule has 0 saturated heterocycles. The van der Waals surface area contributed by atoms with Gasteiger partial charge in [-0.1, -0.05) is 157 Å². The number of hydrogen-bond acceptors (Lipinski definition) is 2. The van der Waals surface area contributed by atoms with Crippen molar-refractivity contribution in [1.29, 1.82) is 0 Å². The zero-order chi connectivity index (χ0) is 29.2. The summed E-state index contributed by atoms with van der Waals surface area (Å²) < 4.78 is 78.6. The fourth-order valence-electron chi connectivity index (χ4n) is 4.82. The van der Waals surface area contributed by atoms with Crippen LogP contribution in [-0.4, -0.2) is 33.9 Å². The van der Waals surface area contributed by atoms with Crippen LogP contribution in [0.15, 0.2) is 60.7 Å². The van der Waals surface area contributed by atoms with Crippen molar-refractivity contribution in [3.63, 3.8) is 0 Å². The third-order valence-electron chi connectivity index (χ3n) is 7.23. The largest absolute Gasteiger partial charge is 0.455 e. The molecule has 8 heteroatoms. The van der Waals surface area contributed by atoms with Gasteiger partial charge in [0.2, 0.25) is 0 Å². The van der Waals surface area contributed by atoms with Crippen molar-refractivity contribution >= 4 is 18.9 Å². The minimum Gasteiger partial charge on any atom is -0.388 e. The van der Waals surface area contributed by atoms with Crippen LogP contribution in [0.4, 0.5) is 22.0 Å². The molecule has 0 saturated carbocycles. The first-order valence-corrected chi connectivity index (χ1v) is 16.9. The second-order valence-corrected chi connectivity index (χ2v) is 13.6. The summed E-state index contributed by atoms with van der Waals surface area (Å²) in [6.45, 7) is 0.683. The normalized spacial score (nSPS) is 12.7. The summed E-state index contributed by atoms with van der Waals surface area (Å²) in [5, 5.41) is 1.00. The van der Waals surface area contributed by atoms with Crippen LogP contribution in [0.25, 0.3) is 0 Å². The van der Waals surface area contributed by atoms with Crippen LogP contribution in [0.1, 0.15) is 103 Å². The van der Waals surface area contributed by atoms with E-state index >= 15 is 0 Å². The smallest absolute Gasteiger partial charge is 0.388 e. The average molecular weight is 587 g/mol. The molecule has 0 bridgehead atoms. The summed E-state index contributed by atoms with van der Waals surface area (Å²) >= 11 is 0. The Morgan fingerprint density at radius 3 is 1.27 bits per heavy atom. The summed E-state index contributed by atoms with van der Waals surface area (Å²) in [5.41, 5.74) is 0. The minimum absolute atomic E-state index is 0.228. The predicted octanol–water partition coefficient (Wildman–Crippen LogP) is 9.35. The fraction of sp³-hybridized carbons (Fsp3) is 0.625. The highest BCUT2D eigenvalue weighted by atomic mass is 28.4. The van der Waals surface area contributed by atoms with Gasteiger partial charge in [-0.3, -0.25) is 0 Å². The molecule has 0 aliphatic heterocycles. The lowest BCUT2D eigenvalue weighted by molar-refractivity contribution is -0.291. The molecule has 0 unspecified atom stereocenters. The lowest BCUT2D eigenvalue weighted by Gasteiger charge is -2.33. The van der Waals surface area contributed by atoms with E-state index in [2.05, 4.69) is 6.92 Å². The number of alkyl halides is 5. The van der Waals surface area contributed by atoms with Gasteiger partial charge in [0.15, 0.2) is 0 Å². The van der Waals surface area contributed by atoms with E-state index in [1.54, 1.807) is 60.7 Å². The number of benzene rings is 2. The van der Waals surface area contributed by atoms with E-state index in [1.807, 2.05) is 0 Å². The lowest BCUT2D eigenvalue weighted by Crippen LogP contribution is -2.65. The standard InChI is InChI=1S/C32H47F5O2Si/c1-2-3-4-5-6-7-8-9-10-11-12-13-14-15-22-27-38-40(29-23-18-16-19-24-29,30-25-20-17-21-26-30)39-28-31(33,34)32(35,36)37/h16-21,23-26H,2-15,22,27-28H2,1H3. The summed E-state index contributed by atoms with van der Waals surface area (Å²) in [5.74, 6) is -4.98. The van der Waals surface area contributed by atoms with E-state index in [-0.39, 0.29) is 6.61 Å². The van der Waals surface area contributed by atoms with Gasteiger partial charge in [-0.05, 0) is 16.8 Å². The zero-order valence-corrected chi connectivity index (χ0v) is 25.0. The fourth-order valence-corrected chi connectivity index (χ4v) is 7.98. The monoisotopic (exact) mass is 586 g/mol. The molecule has 2 aromatic rings. The van der Waals surface area contributed by atoms with E-state index in [0.717, 1.165) is 19.3 Å². The molecule has 0 radical (unpaired) electrons. The van der Waals surface area contributed by atoms with E-state index in [1.165, 1.54) is 70.6 Å². The van der Waals surface area contributed by atoms with Gasteiger partial charge in [0.1, 0.15) is 6.61 Å². The highest BCUT2D eigenvalue weighted by Crippen LogP contribution is 2.36. The molecule has 2 nitrogen and oxygen atoms in total. The van der Waals surface area contributed by atoms with Crippen molar-refractivity contribution < 1.29 is 30.8 Å². The molecule has 0 spiro atoms. The van der Waals surface area contributed by atoms with Crippen LogP contribution in [0, 0.1) is 0 Å². The quantitative estimate of drug-likeness (QED) is 0.0778. The van der Waals surface area contributed by atoms with Crippen LogP contribution >= 0.6 is 0 Å². The molecule has 2 aromatic carbocycles. The first-order valence-electron chi connectivity index (χ1n) is 15.1. The van der Waals surface area contributed by atoms with Crippen molar-refractivity contribution in [3.05, 3.63) is 60.7 Å². The minimum atomic E-state index is -5.70. The Labute approximate surface area is 238 Å². The first kappa shape index (κ1) is 34.4. The van der Waals surface area contributed by atoms with Crippen LogP contribution in [0.5, 0.6) is 0 Å². The van der Waals surface area contributed by atoms with Crippen LogP contribution in [0.2, 0.25) is 0 Å². The molecular weight excluding hydrogens is 539 g/mol. The Morgan fingerprint density at radius 2 is 0.900 bits per heavy atom. The van der Waals surface area contributed by atoms with E-state index < -0.39 is 27.3 Å². The third-order valence-corrected chi connectivity index (χ3v) is 10.6. The van der Waals surface area contributed by atoms with E-state index in [0.29, 0.717) is 16.8 Å². The maximum absolute atomic E-state index is 13.9. The molecule has 0 N–H and O–H groups in total. The van der Waals surface area contributed by atoms with Gasteiger partial charge in [-0.25, -0.2) is 0 Å². The Bertz CT molecular complexity index is 854. The van der Waals surface area contributed by atoms with Crippen LogP contribution in [-0.2, 0) is 8.85 Å². The number of rotatable bonds is 22. The Balaban J connectivity index is 1.83. The number of hydrogen-bond donors (Lipinski definition) is 0. The van der Waals surface area contributed by atoms with Gasteiger partial charge >= 0.3 is 20.7 Å². The predicted molar refractivity (Wildman–Crippen MR) is 156 cm³/mol. The molecule has 0 amide bonds. The molecule has 0 atom stereocenters. The van der Waals surface area contributed by atoms with Gasteiger partial charge in [0.05, 0.1) is 0 Å². The molecule has 0 fully saturated rings. The summed E-state index contributed by atoms with van der Waals surface area (Å²) in [4.78, 5) is 0. The Kier molecular flexibility index (Phi) is 16.0. The molecule has 0 aliphatic rings. The SMILES string of the molecule is CCCCCCCCCCCCCCCCCO[Si](OCC(F)(F)C(F)(F)F)(c1ccccc1)c1ccccc1. The van der Waals surface area contributed by atoms with Gasteiger partial charge in [0, 0.05) is 6.61 Å². The van der Waals surface area contributed by atoms with Gasteiger partial charge in [-0.15, -0.1) is 0 Å². The van der Waals surface area contributed by atoms with E-state index in [9.17, 15) is 22.0 Å². The number of unbranched alkanes of at least 4 members (excludes halogenated alkanes) is 14. The molecule has 40 heavy (non-hydrogen) atoms. The molecule has 226 valence electrons. The number of halogens is 5. The Morgan fingerprint density at radius 1 is 0.525 bits per heavy atom. The highest BCUT2D eigenvalue weighted by molar-refractivity contribution is 6.92. The van der Waals surface area contributed by atoms with Crippen molar-refractivity contribution in [2.75, 3.05) is 13.2 Å². The van der Waals surface area contributed by atoms with Crippen molar-refractivity contribution in [2.45, 2.75) is 115 Å². The molecule has 0 heterocycles. The van der Waals surface area contributed by atoms with Gasteiger partial charge in [-0.2, -0.15) is 22.0 Å². The zero-order valence-electron chi connectivity index (χ0n) is 24.0. The van der Waals surface area contributed by atoms with Crippen molar-refractivity contribution in [1.82, 2.24) is 0 Å². The summed E-state index contributed by atoms with van der Waals surface area (Å²) in [6, 6.07) is 17.1. The average Bonchev–Trinajstić information content (AvgIpc) is 2.95. The highest BCUT2D eigenvalue weighted by Gasteiger charge is 2.59. The molecule has 2 rings (SSSR count). The molecule has 0 aromatic heterocycles. The third kappa shape index (κ3) is 12.0. The maximum atomic E-state index is 13.9.